The van der Waals surface area contributed by atoms with Crippen LogP contribution in [0.3, 0.4) is 0 Å². The summed E-state index contributed by atoms with van der Waals surface area (Å²) in [6, 6.07) is 8.91. The van der Waals surface area contributed by atoms with E-state index in [1.807, 2.05) is 48.2 Å². The maximum atomic E-state index is 13.4. The van der Waals surface area contributed by atoms with Crippen molar-refractivity contribution in [1.82, 2.24) is 9.80 Å². The number of likely N-dealkylation sites (tertiary alicyclic amines) is 1. The molecule has 0 radical (unpaired) electrons. The third-order valence-electron chi connectivity index (χ3n) is 7.12. The summed E-state index contributed by atoms with van der Waals surface area (Å²) in [4.78, 5) is 26.2. The van der Waals surface area contributed by atoms with Gasteiger partial charge in [0.25, 0.3) is 0 Å². The Kier molecular flexibility index (Phi) is 6.09. The summed E-state index contributed by atoms with van der Waals surface area (Å²) in [5.74, 6) is -2.60. The maximum Gasteiger partial charge on any atom is 0.471 e. The van der Waals surface area contributed by atoms with Crippen LogP contribution in [0.1, 0.15) is 44.6 Å². The zero-order valence-electron chi connectivity index (χ0n) is 18.1. The van der Waals surface area contributed by atoms with Crippen LogP contribution in [0.2, 0.25) is 0 Å². The molecule has 1 heterocycles. The number of benzene rings is 1. The summed E-state index contributed by atoms with van der Waals surface area (Å²) < 4.78 is 40.3. The first kappa shape index (κ1) is 22.8. The van der Waals surface area contributed by atoms with Crippen LogP contribution < -0.4 is 0 Å². The van der Waals surface area contributed by atoms with Crippen molar-refractivity contribution in [1.29, 1.82) is 0 Å². The Labute approximate surface area is 185 Å². The molecule has 1 aromatic rings. The first-order valence-corrected chi connectivity index (χ1v) is 11.2. The molecule has 32 heavy (non-hydrogen) atoms. The van der Waals surface area contributed by atoms with Gasteiger partial charge in [0, 0.05) is 37.6 Å². The number of rotatable bonds is 8. The van der Waals surface area contributed by atoms with E-state index in [1.54, 1.807) is 0 Å². The average molecular weight is 451 g/mol. The summed E-state index contributed by atoms with van der Waals surface area (Å²) >= 11 is 0. The number of halogens is 3. The third kappa shape index (κ3) is 4.70. The zero-order valence-corrected chi connectivity index (χ0v) is 18.1. The predicted molar refractivity (Wildman–Crippen MR) is 114 cm³/mol. The van der Waals surface area contributed by atoms with Gasteiger partial charge >= 0.3 is 18.1 Å². The highest BCUT2D eigenvalue weighted by molar-refractivity contribution is 5.83. The smallest absolute Gasteiger partial charge is 0.471 e. The topological polar surface area (TPSA) is 60.9 Å². The van der Waals surface area contributed by atoms with Crippen LogP contribution in [0.4, 0.5) is 13.2 Å². The fourth-order valence-electron chi connectivity index (χ4n) is 5.56. The van der Waals surface area contributed by atoms with Gasteiger partial charge in [0.2, 0.25) is 0 Å². The van der Waals surface area contributed by atoms with Crippen molar-refractivity contribution in [3.63, 3.8) is 0 Å². The van der Waals surface area contributed by atoms with E-state index in [1.165, 1.54) is 0 Å². The predicted octanol–water partition coefficient (Wildman–Crippen LogP) is 4.20. The van der Waals surface area contributed by atoms with E-state index >= 15 is 0 Å². The number of hydrogen-bond donors (Lipinski definition) is 1. The summed E-state index contributed by atoms with van der Waals surface area (Å²) in [6.07, 6.45) is -0.347. The molecule has 5 nitrogen and oxygen atoms in total. The Balaban J connectivity index is 1.42. The van der Waals surface area contributed by atoms with Gasteiger partial charge in [0.05, 0.1) is 6.42 Å². The molecule has 1 aromatic carbocycles. The van der Waals surface area contributed by atoms with Gasteiger partial charge < -0.3 is 14.9 Å². The molecule has 8 heteroatoms. The minimum Gasteiger partial charge on any atom is -0.481 e. The molecule has 174 valence electrons. The van der Waals surface area contributed by atoms with E-state index in [0.717, 1.165) is 22.5 Å². The van der Waals surface area contributed by atoms with Crippen molar-refractivity contribution in [2.75, 3.05) is 19.6 Å². The van der Waals surface area contributed by atoms with Crippen molar-refractivity contribution in [3.8, 4) is 0 Å². The molecule has 1 spiro atoms. The molecule has 0 bridgehead atoms. The van der Waals surface area contributed by atoms with Crippen molar-refractivity contribution < 1.29 is 27.9 Å². The van der Waals surface area contributed by atoms with E-state index in [4.69, 9.17) is 5.11 Å². The lowest BCUT2D eigenvalue weighted by Gasteiger charge is -2.61. The number of aliphatic carboxylic acids is 1. The SMILES string of the molecule is CCC(=Cc1ccccc1)C1CC1N(C(=O)C(F)(F)F)C1CC2(C1)CN(CCC(=O)O)C2. The largest absolute Gasteiger partial charge is 0.481 e. The number of carboxylic acid groups (broad SMARTS) is 1. The van der Waals surface area contributed by atoms with Crippen molar-refractivity contribution in [3.05, 3.63) is 41.5 Å². The molecule has 1 amide bonds. The van der Waals surface area contributed by atoms with Gasteiger partial charge in [-0.15, -0.1) is 0 Å². The summed E-state index contributed by atoms with van der Waals surface area (Å²) in [7, 11) is 0. The number of alkyl halides is 3. The van der Waals surface area contributed by atoms with Gasteiger partial charge in [0.1, 0.15) is 0 Å². The second-order valence-electron chi connectivity index (χ2n) is 9.52. The second kappa shape index (κ2) is 8.54. The molecule has 0 aromatic heterocycles. The van der Waals surface area contributed by atoms with Gasteiger partial charge in [0.15, 0.2) is 0 Å². The number of hydrogen-bond acceptors (Lipinski definition) is 3. The third-order valence-corrected chi connectivity index (χ3v) is 7.12. The Morgan fingerprint density at radius 1 is 1.22 bits per heavy atom. The minimum atomic E-state index is -4.88. The molecular formula is C24H29F3N2O3. The Morgan fingerprint density at radius 3 is 2.44 bits per heavy atom. The molecule has 2 saturated carbocycles. The first-order chi connectivity index (χ1) is 15.1. The molecule has 2 atom stereocenters. The van der Waals surface area contributed by atoms with E-state index in [2.05, 4.69) is 0 Å². The number of amides is 1. The van der Waals surface area contributed by atoms with Crippen molar-refractivity contribution in [2.45, 2.75) is 57.3 Å². The van der Waals surface area contributed by atoms with Crippen LogP contribution in [0.5, 0.6) is 0 Å². The van der Waals surface area contributed by atoms with E-state index in [9.17, 15) is 22.8 Å². The maximum absolute atomic E-state index is 13.4. The number of carbonyl (C=O) groups excluding carboxylic acids is 1. The number of carbonyl (C=O) groups is 2. The Hall–Kier alpha value is -2.35. The van der Waals surface area contributed by atoms with Crippen LogP contribution in [0, 0.1) is 11.3 Å². The monoisotopic (exact) mass is 450 g/mol. The fraction of sp³-hybridized carbons (Fsp3) is 0.583. The van der Waals surface area contributed by atoms with Crippen LogP contribution >= 0.6 is 0 Å². The normalized spacial score (nSPS) is 25.2. The first-order valence-electron chi connectivity index (χ1n) is 11.2. The van der Waals surface area contributed by atoms with E-state index in [0.29, 0.717) is 38.9 Å². The summed E-state index contributed by atoms with van der Waals surface area (Å²) in [6.45, 7) is 3.86. The highest BCUT2D eigenvalue weighted by atomic mass is 19.4. The minimum absolute atomic E-state index is 0.0310. The van der Waals surface area contributed by atoms with Crippen molar-refractivity contribution >= 4 is 18.0 Å². The van der Waals surface area contributed by atoms with Crippen LogP contribution in [0.25, 0.3) is 6.08 Å². The van der Waals surface area contributed by atoms with E-state index in [-0.39, 0.29) is 17.8 Å². The van der Waals surface area contributed by atoms with E-state index < -0.39 is 30.1 Å². The van der Waals surface area contributed by atoms with Crippen LogP contribution in [-0.2, 0) is 9.59 Å². The molecule has 2 aliphatic carbocycles. The highest BCUT2D eigenvalue weighted by Crippen LogP contribution is 2.54. The lowest BCUT2D eigenvalue weighted by molar-refractivity contribution is -0.197. The fourth-order valence-corrected chi connectivity index (χ4v) is 5.56. The molecule has 2 unspecified atom stereocenters. The van der Waals surface area contributed by atoms with Gasteiger partial charge in [-0.3, -0.25) is 9.59 Å². The van der Waals surface area contributed by atoms with Gasteiger partial charge in [-0.05, 0) is 36.7 Å². The average Bonchev–Trinajstić information content (AvgIpc) is 3.45. The lowest BCUT2D eigenvalue weighted by Crippen LogP contribution is -2.68. The summed E-state index contributed by atoms with van der Waals surface area (Å²) in [5.41, 5.74) is 2.03. The second-order valence-corrected chi connectivity index (χ2v) is 9.52. The summed E-state index contributed by atoms with van der Waals surface area (Å²) in [5, 5.41) is 8.80. The molecule has 3 aliphatic rings. The number of nitrogens with zero attached hydrogens (tertiary/aromatic N) is 2. The van der Waals surface area contributed by atoms with Gasteiger partial charge in [-0.2, -0.15) is 13.2 Å². The van der Waals surface area contributed by atoms with Crippen LogP contribution in [-0.4, -0.2) is 64.7 Å². The molecule has 1 saturated heterocycles. The molecule has 1 N–H and O–H groups in total. The number of carboxylic acids is 1. The quantitative estimate of drug-likeness (QED) is 0.645. The zero-order chi connectivity index (χ0) is 23.1. The Bertz CT molecular complexity index is 886. The molecule has 3 fully saturated rings. The molecule has 4 rings (SSSR count). The highest BCUT2D eigenvalue weighted by Gasteiger charge is 2.60. The Morgan fingerprint density at radius 2 is 1.88 bits per heavy atom. The van der Waals surface area contributed by atoms with Crippen molar-refractivity contribution in [2.24, 2.45) is 11.3 Å². The molecule has 1 aliphatic heterocycles. The lowest BCUT2D eigenvalue weighted by atomic mass is 9.60. The van der Waals surface area contributed by atoms with Gasteiger partial charge in [-0.1, -0.05) is 48.9 Å². The van der Waals surface area contributed by atoms with Crippen LogP contribution in [0.15, 0.2) is 35.9 Å². The van der Waals surface area contributed by atoms with Gasteiger partial charge in [-0.25, -0.2) is 0 Å². The molecular weight excluding hydrogens is 421 g/mol. The standard InChI is InChI=1S/C24H29F3N2O3/c1-2-17(10-16-6-4-3-5-7-16)19-11-20(19)29(22(32)24(25,26)27)18-12-23(13-18)14-28(15-23)9-8-21(30)31/h3-7,10,18-20H,2,8-9,11-15H2,1H3,(H,30,31).